The highest BCUT2D eigenvalue weighted by Crippen LogP contribution is 2.20. The molecular weight excluding hydrogens is 408 g/mol. The summed E-state index contributed by atoms with van der Waals surface area (Å²) in [5.41, 5.74) is 3.12. The highest BCUT2D eigenvalue weighted by Gasteiger charge is 2.15. The predicted molar refractivity (Wildman–Crippen MR) is 117 cm³/mol. The van der Waals surface area contributed by atoms with Crippen LogP contribution in [0.1, 0.15) is 11.1 Å². The molecule has 0 saturated heterocycles. The molecular formula is C21H23ClN4O2S. The number of hydrogen-bond donors (Lipinski definition) is 1. The molecule has 0 atom stereocenters. The molecule has 0 aliphatic rings. The summed E-state index contributed by atoms with van der Waals surface area (Å²) in [7, 11) is 1.75. The van der Waals surface area contributed by atoms with Crippen molar-refractivity contribution >= 4 is 29.7 Å². The van der Waals surface area contributed by atoms with Crippen LogP contribution in [-0.2, 0) is 11.3 Å². The molecule has 1 heterocycles. The Morgan fingerprint density at radius 2 is 1.86 bits per heavy atom. The molecule has 2 aromatic carbocycles. The topological polar surface area (TPSA) is 63.1 Å². The fraction of sp³-hybridized carbons (Fsp3) is 0.286. The second-order valence-electron chi connectivity index (χ2n) is 6.93. The molecule has 1 aromatic heterocycles. The summed E-state index contributed by atoms with van der Waals surface area (Å²) >= 11 is 11.3. The van der Waals surface area contributed by atoms with Crippen LogP contribution >= 0.6 is 23.8 Å². The Morgan fingerprint density at radius 1 is 1.21 bits per heavy atom. The third-order valence-electron chi connectivity index (χ3n) is 4.47. The Morgan fingerprint density at radius 3 is 2.52 bits per heavy atom. The lowest BCUT2D eigenvalue weighted by Crippen LogP contribution is -2.33. The number of aryl methyl sites for hydroxylation is 2. The molecule has 0 bridgehead atoms. The van der Waals surface area contributed by atoms with Crippen molar-refractivity contribution in [2.24, 2.45) is 0 Å². The highest BCUT2D eigenvalue weighted by atomic mass is 35.5. The number of ether oxygens (including phenoxy) is 1. The average Bonchev–Trinajstić information content (AvgIpc) is 3.02. The first-order valence-electron chi connectivity index (χ1n) is 9.19. The minimum Gasteiger partial charge on any atom is -0.492 e. The number of halogens is 1. The summed E-state index contributed by atoms with van der Waals surface area (Å²) in [5, 5.41) is 7.64. The number of carbonyl (C=O) groups excluding carboxylic acids is 1. The van der Waals surface area contributed by atoms with Crippen molar-refractivity contribution < 1.29 is 9.53 Å². The quantitative estimate of drug-likeness (QED) is 0.564. The number of rotatable bonds is 7. The fourth-order valence-electron chi connectivity index (χ4n) is 2.98. The van der Waals surface area contributed by atoms with Gasteiger partial charge in [-0.05, 0) is 73.6 Å². The molecule has 1 amide bonds. The molecule has 0 unspecified atom stereocenters. The van der Waals surface area contributed by atoms with Gasteiger partial charge < -0.3 is 9.64 Å². The lowest BCUT2D eigenvalue weighted by Gasteiger charge is -2.18. The second-order valence-corrected chi connectivity index (χ2v) is 7.76. The maximum Gasteiger partial charge on any atom is 0.242 e. The largest absolute Gasteiger partial charge is 0.492 e. The van der Waals surface area contributed by atoms with E-state index in [1.54, 1.807) is 28.6 Å². The summed E-state index contributed by atoms with van der Waals surface area (Å²) in [6, 6.07) is 13.3. The van der Waals surface area contributed by atoms with Gasteiger partial charge in [0.1, 0.15) is 18.9 Å². The molecule has 1 N–H and O–H groups in total. The van der Waals surface area contributed by atoms with E-state index in [-0.39, 0.29) is 12.5 Å². The van der Waals surface area contributed by atoms with Crippen LogP contribution in [0.3, 0.4) is 0 Å². The number of nitrogens with one attached hydrogen (secondary N) is 1. The van der Waals surface area contributed by atoms with Crippen LogP contribution in [0.25, 0.3) is 11.4 Å². The first-order chi connectivity index (χ1) is 13.8. The van der Waals surface area contributed by atoms with Gasteiger partial charge in [-0.1, -0.05) is 17.7 Å². The van der Waals surface area contributed by atoms with Crippen LogP contribution in [0.4, 0.5) is 0 Å². The molecule has 0 aliphatic heterocycles. The van der Waals surface area contributed by atoms with Gasteiger partial charge in [-0.25, -0.2) is 0 Å². The lowest BCUT2D eigenvalue weighted by atomic mass is 10.1. The molecule has 152 valence electrons. The molecule has 3 rings (SSSR count). The number of aromatic nitrogens is 3. The van der Waals surface area contributed by atoms with E-state index < -0.39 is 0 Å². The van der Waals surface area contributed by atoms with Crippen LogP contribution in [0.15, 0.2) is 42.5 Å². The molecule has 3 aromatic rings. The van der Waals surface area contributed by atoms with Crippen LogP contribution in [0.2, 0.25) is 5.02 Å². The van der Waals surface area contributed by atoms with E-state index in [1.165, 1.54) is 0 Å². The van der Waals surface area contributed by atoms with Gasteiger partial charge in [-0.15, -0.1) is 0 Å². The van der Waals surface area contributed by atoms with Gasteiger partial charge >= 0.3 is 0 Å². The number of hydrogen-bond acceptors (Lipinski definition) is 4. The van der Waals surface area contributed by atoms with Crippen molar-refractivity contribution in [2.45, 2.75) is 20.4 Å². The SMILES string of the molecule is Cc1cc(C)cc(OCCN(C)C(=O)Cn2c(-c3ccc(Cl)cc3)n[nH]c2=S)c1. The van der Waals surface area contributed by atoms with Crippen molar-refractivity contribution in [1.82, 2.24) is 19.7 Å². The molecule has 29 heavy (non-hydrogen) atoms. The third kappa shape index (κ3) is 5.46. The summed E-state index contributed by atoms with van der Waals surface area (Å²) in [4.78, 5) is 14.3. The Kier molecular flexibility index (Phi) is 6.71. The molecule has 8 heteroatoms. The van der Waals surface area contributed by atoms with Crippen LogP contribution in [0, 0.1) is 18.6 Å². The maximum atomic E-state index is 12.7. The zero-order chi connectivity index (χ0) is 21.0. The van der Waals surface area contributed by atoms with Gasteiger partial charge in [0.15, 0.2) is 10.6 Å². The predicted octanol–water partition coefficient (Wildman–Crippen LogP) is 4.42. The number of nitrogens with zero attached hydrogens (tertiary/aromatic N) is 3. The average molecular weight is 431 g/mol. The van der Waals surface area contributed by atoms with Crippen molar-refractivity contribution in [1.29, 1.82) is 0 Å². The molecule has 0 aliphatic carbocycles. The molecule has 0 fully saturated rings. The van der Waals surface area contributed by atoms with Gasteiger partial charge in [0.25, 0.3) is 0 Å². The van der Waals surface area contributed by atoms with Crippen molar-refractivity contribution in [3.05, 3.63) is 63.4 Å². The Balaban J connectivity index is 1.62. The van der Waals surface area contributed by atoms with E-state index in [0.29, 0.717) is 28.8 Å². The summed E-state index contributed by atoms with van der Waals surface area (Å²) in [6.07, 6.45) is 0. The van der Waals surface area contributed by atoms with Crippen LogP contribution in [-0.4, -0.2) is 45.8 Å². The van der Waals surface area contributed by atoms with Crippen molar-refractivity contribution in [3.8, 4) is 17.1 Å². The fourth-order valence-corrected chi connectivity index (χ4v) is 3.30. The zero-order valence-corrected chi connectivity index (χ0v) is 18.2. The summed E-state index contributed by atoms with van der Waals surface area (Å²) < 4.78 is 7.87. The van der Waals surface area contributed by atoms with E-state index in [4.69, 9.17) is 28.6 Å². The van der Waals surface area contributed by atoms with Gasteiger partial charge in [-0.2, -0.15) is 5.10 Å². The third-order valence-corrected chi connectivity index (χ3v) is 5.03. The Bertz CT molecular complexity index is 1040. The lowest BCUT2D eigenvalue weighted by molar-refractivity contribution is -0.130. The number of benzene rings is 2. The first-order valence-corrected chi connectivity index (χ1v) is 9.98. The van der Waals surface area contributed by atoms with Crippen LogP contribution in [0.5, 0.6) is 5.75 Å². The van der Waals surface area contributed by atoms with Crippen molar-refractivity contribution in [2.75, 3.05) is 20.2 Å². The standard InChI is InChI=1S/C21H23ClN4O2S/c1-14-10-15(2)12-18(11-14)28-9-8-25(3)19(27)13-26-20(23-24-21(26)29)16-4-6-17(22)7-5-16/h4-7,10-12H,8-9,13H2,1-3H3,(H,24,29). The summed E-state index contributed by atoms with van der Waals surface area (Å²) in [6.45, 7) is 5.03. The monoisotopic (exact) mass is 430 g/mol. The number of carbonyl (C=O) groups is 1. The Labute approximate surface area is 180 Å². The maximum absolute atomic E-state index is 12.7. The van der Waals surface area contributed by atoms with E-state index >= 15 is 0 Å². The minimum absolute atomic E-state index is 0.0817. The van der Waals surface area contributed by atoms with Crippen LogP contribution < -0.4 is 4.74 Å². The smallest absolute Gasteiger partial charge is 0.242 e. The molecule has 6 nitrogen and oxygen atoms in total. The molecule has 0 saturated carbocycles. The van der Waals surface area contributed by atoms with Crippen molar-refractivity contribution in [3.63, 3.8) is 0 Å². The normalized spacial score (nSPS) is 10.8. The molecule has 0 radical (unpaired) electrons. The van der Waals surface area contributed by atoms with Gasteiger partial charge in [0.05, 0.1) is 6.54 Å². The van der Waals surface area contributed by atoms with E-state index in [9.17, 15) is 4.79 Å². The second kappa shape index (κ2) is 9.24. The number of likely N-dealkylation sites (N-methyl/N-ethyl adjacent to an activating group) is 1. The number of aromatic amines is 1. The van der Waals surface area contributed by atoms with Gasteiger partial charge in [0.2, 0.25) is 5.91 Å². The van der Waals surface area contributed by atoms with Gasteiger partial charge in [-0.3, -0.25) is 14.5 Å². The van der Waals surface area contributed by atoms with E-state index in [1.807, 2.05) is 38.1 Å². The first kappa shape index (κ1) is 21.1. The van der Waals surface area contributed by atoms with E-state index in [0.717, 1.165) is 22.4 Å². The minimum atomic E-state index is -0.0817. The van der Waals surface area contributed by atoms with Gasteiger partial charge in [0, 0.05) is 17.6 Å². The van der Waals surface area contributed by atoms with E-state index in [2.05, 4.69) is 16.3 Å². The summed E-state index contributed by atoms with van der Waals surface area (Å²) in [5.74, 6) is 1.33. The zero-order valence-electron chi connectivity index (χ0n) is 16.6. The number of amides is 1. The molecule has 0 spiro atoms. The number of H-pyrrole nitrogens is 1. The highest BCUT2D eigenvalue weighted by molar-refractivity contribution is 7.71. The Hall–Kier alpha value is -2.64.